The Hall–Kier alpha value is -1.74. The van der Waals surface area contributed by atoms with E-state index in [2.05, 4.69) is 0 Å². The number of ketones is 1. The highest BCUT2D eigenvalue weighted by molar-refractivity contribution is 5.99. The van der Waals surface area contributed by atoms with Crippen LogP contribution in [0.25, 0.3) is 5.57 Å². The molecule has 3 heteroatoms. The number of hydrogen-bond donors (Lipinski definition) is 1. The number of halogens is 1. The molecule has 1 unspecified atom stereocenters. The summed E-state index contributed by atoms with van der Waals surface area (Å²) in [7, 11) is 0.500. The topological polar surface area (TPSA) is 37.3 Å². The van der Waals surface area contributed by atoms with Crippen molar-refractivity contribution >= 4 is 11.4 Å². The lowest BCUT2D eigenvalue weighted by atomic mass is 9.87. The highest BCUT2D eigenvalue weighted by Crippen LogP contribution is 2.45. The van der Waals surface area contributed by atoms with Gasteiger partial charge in [-0.05, 0) is 37.5 Å². The SMILES string of the molecule is C/C=C\C1=C(C)C(O)(C(C)=O)c2ccccc21.CC.CF. The molecule has 1 aromatic carbocycles. The Morgan fingerprint density at radius 1 is 1.24 bits per heavy atom. The van der Waals surface area contributed by atoms with Crippen LogP contribution in [0.5, 0.6) is 0 Å². The van der Waals surface area contributed by atoms with Gasteiger partial charge in [0.2, 0.25) is 0 Å². The Bertz CT molecular complexity index is 544. The van der Waals surface area contributed by atoms with E-state index in [-0.39, 0.29) is 5.78 Å². The standard InChI is InChI=1S/C15H16O2.C2H6.CH3F/c1-4-7-12-10(2)15(17,11(3)16)14-9-6-5-8-13(12)14;2*1-2/h4-9,17H,1-3H3;1-2H3;1H3/b7-4-;;. The van der Waals surface area contributed by atoms with E-state index < -0.39 is 5.60 Å². The van der Waals surface area contributed by atoms with Crippen molar-refractivity contribution < 1.29 is 14.3 Å². The summed E-state index contributed by atoms with van der Waals surface area (Å²) < 4.78 is 9.50. The monoisotopic (exact) mass is 292 g/mol. The van der Waals surface area contributed by atoms with Crippen LogP contribution < -0.4 is 0 Å². The largest absolute Gasteiger partial charge is 0.373 e. The molecule has 1 atom stereocenters. The maximum atomic E-state index is 11.8. The van der Waals surface area contributed by atoms with Gasteiger partial charge in [-0.25, -0.2) is 0 Å². The van der Waals surface area contributed by atoms with Gasteiger partial charge in [-0.3, -0.25) is 9.18 Å². The van der Waals surface area contributed by atoms with Crippen LogP contribution in [0.1, 0.15) is 45.7 Å². The van der Waals surface area contributed by atoms with Gasteiger partial charge in [0.15, 0.2) is 11.4 Å². The van der Waals surface area contributed by atoms with Crippen LogP contribution in [0.4, 0.5) is 4.39 Å². The first-order valence-corrected chi connectivity index (χ1v) is 7.08. The third-order valence-corrected chi connectivity index (χ3v) is 3.40. The lowest BCUT2D eigenvalue weighted by Gasteiger charge is -2.22. The molecule has 2 nitrogen and oxygen atoms in total. The molecule has 21 heavy (non-hydrogen) atoms. The van der Waals surface area contributed by atoms with Crippen molar-refractivity contribution in [2.45, 2.75) is 40.2 Å². The highest BCUT2D eigenvalue weighted by Gasteiger charge is 2.44. The van der Waals surface area contributed by atoms with Crippen LogP contribution >= 0.6 is 0 Å². The molecule has 1 aliphatic rings. The zero-order valence-corrected chi connectivity index (χ0v) is 13.7. The second-order valence-electron chi connectivity index (χ2n) is 4.35. The van der Waals surface area contributed by atoms with E-state index in [0.717, 1.165) is 11.1 Å². The molecular weight excluding hydrogens is 267 g/mol. The van der Waals surface area contributed by atoms with E-state index in [1.165, 1.54) is 6.92 Å². The van der Waals surface area contributed by atoms with E-state index in [9.17, 15) is 14.3 Å². The minimum atomic E-state index is -1.45. The Balaban J connectivity index is 0.000000921. The molecule has 0 aliphatic heterocycles. The fraction of sp³-hybridized carbons (Fsp3) is 0.389. The van der Waals surface area contributed by atoms with Crippen molar-refractivity contribution in [3.63, 3.8) is 0 Å². The Labute approximate surface area is 127 Å². The number of hydrogen-bond acceptors (Lipinski definition) is 2. The third-order valence-electron chi connectivity index (χ3n) is 3.40. The summed E-state index contributed by atoms with van der Waals surface area (Å²) in [6, 6.07) is 7.52. The number of carbonyl (C=O) groups excluding carboxylic acids is 1. The summed E-state index contributed by atoms with van der Waals surface area (Å²) in [5.74, 6) is -0.234. The van der Waals surface area contributed by atoms with Crippen LogP contribution in [0.2, 0.25) is 0 Å². The van der Waals surface area contributed by atoms with Gasteiger partial charge in [0.05, 0.1) is 7.18 Å². The molecule has 0 bridgehead atoms. The number of allylic oxidation sites excluding steroid dienone is 3. The van der Waals surface area contributed by atoms with E-state index in [4.69, 9.17) is 0 Å². The molecule has 1 aromatic rings. The minimum absolute atomic E-state index is 0.234. The number of fused-ring (bicyclic) bond motifs is 1. The number of rotatable bonds is 2. The maximum Gasteiger partial charge on any atom is 0.170 e. The Kier molecular flexibility index (Phi) is 7.82. The van der Waals surface area contributed by atoms with Gasteiger partial charge in [-0.1, -0.05) is 50.3 Å². The lowest BCUT2D eigenvalue weighted by molar-refractivity contribution is -0.132. The first-order valence-electron chi connectivity index (χ1n) is 7.08. The molecule has 0 spiro atoms. The van der Waals surface area contributed by atoms with E-state index >= 15 is 0 Å². The molecule has 0 fully saturated rings. The maximum absolute atomic E-state index is 11.8. The van der Waals surface area contributed by atoms with E-state index in [1.807, 2.05) is 64.1 Å². The molecule has 0 radical (unpaired) electrons. The molecule has 1 N–H and O–H groups in total. The van der Waals surface area contributed by atoms with Crippen molar-refractivity contribution in [1.82, 2.24) is 0 Å². The van der Waals surface area contributed by atoms with Gasteiger partial charge in [-0.2, -0.15) is 0 Å². The smallest absolute Gasteiger partial charge is 0.170 e. The fourth-order valence-corrected chi connectivity index (χ4v) is 2.47. The zero-order valence-electron chi connectivity index (χ0n) is 13.7. The normalized spacial score (nSPS) is 19.4. The molecular formula is C18H25FO2. The lowest BCUT2D eigenvalue weighted by Crippen LogP contribution is -2.33. The van der Waals surface area contributed by atoms with Crippen LogP contribution in [-0.2, 0) is 10.4 Å². The number of carbonyl (C=O) groups is 1. The predicted octanol–water partition coefficient (Wildman–Crippen LogP) is 4.44. The second-order valence-corrected chi connectivity index (χ2v) is 4.35. The van der Waals surface area contributed by atoms with Gasteiger partial charge < -0.3 is 5.11 Å². The first-order chi connectivity index (χ1) is 10.0. The minimum Gasteiger partial charge on any atom is -0.373 e. The molecule has 0 saturated carbocycles. The van der Waals surface area contributed by atoms with Gasteiger partial charge in [-0.15, -0.1) is 0 Å². The van der Waals surface area contributed by atoms with Gasteiger partial charge >= 0.3 is 0 Å². The van der Waals surface area contributed by atoms with Gasteiger partial charge in [0.25, 0.3) is 0 Å². The molecule has 0 heterocycles. The summed E-state index contributed by atoms with van der Waals surface area (Å²) in [5.41, 5.74) is 1.84. The third kappa shape index (κ3) is 3.30. The van der Waals surface area contributed by atoms with Gasteiger partial charge in [0.1, 0.15) is 0 Å². The highest BCUT2D eigenvalue weighted by atomic mass is 19.1. The summed E-state index contributed by atoms with van der Waals surface area (Å²) in [5, 5.41) is 10.6. The van der Waals surface area contributed by atoms with Crippen molar-refractivity contribution in [3.8, 4) is 0 Å². The molecule has 0 amide bonds. The average Bonchev–Trinajstić information content (AvgIpc) is 2.75. The number of aliphatic hydroxyl groups is 1. The summed E-state index contributed by atoms with van der Waals surface area (Å²) in [4.78, 5) is 11.8. The first kappa shape index (κ1) is 19.3. The van der Waals surface area contributed by atoms with Crippen LogP contribution in [0.3, 0.4) is 0 Å². The molecule has 0 aromatic heterocycles. The van der Waals surface area contributed by atoms with E-state index in [1.54, 1.807) is 0 Å². The molecule has 2 rings (SSSR count). The Morgan fingerprint density at radius 2 is 1.76 bits per heavy atom. The fourth-order valence-electron chi connectivity index (χ4n) is 2.47. The predicted molar refractivity (Wildman–Crippen MR) is 86.8 cm³/mol. The summed E-state index contributed by atoms with van der Waals surface area (Å²) in [6.07, 6.45) is 3.86. The molecule has 1 aliphatic carbocycles. The van der Waals surface area contributed by atoms with Crippen molar-refractivity contribution in [1.29, 1.82) is 0 Å². The van der Waals surface area contributed by atoms with Crippen molar-refractivity contribution in [3.05, 3.63) is 53.1 Å². The van der Waals surface area contributed by atoms with Crippen LogP contribution in [-0.4, -0.2) is 18.1 Å². The van der Waals surface area contributed by atoms with Crippen molar-refractivity contribution in [2.75, 3.05) is 7.18 Å². The summed E-state index contributed by atoms with van der Waals surface area (Å²) >= 11 is 0. The quantitative estimate of drug-likeness (QED) is 0.875. The zero-order chi connectivity index (χ0) is 16.6. The average molecular weight is 292 g/mol. The molecule has 0 saturated heterocycles. The van der Waals surface area contributed by atoms with Gasteiger partial charge in [0, 0.05) is 5.56 Å². The van der Waals surface area contributed by atoms with Crippen LogP contribution in [0.15, 0.2) is 42.0 Å². The molecule has 116 valence electrons. The van der Waals surface area contributed by atoms with Crippen LogP contribution in [0, 0.1) is 0 Å². The Morgan fingerprint density at radius 3 is 2.24 bits per heavy atom. The number of alkyl halides is 1. The van der Waals surface area contributed by atoms with E-state index in [0.29, 0.717) is 18.3 Å². The number of Topliss-reactive ketones (excluding diaryl/α,β-unsaturated/α-hetero) is 1. The number of benzene rings is 1. The summed E-state index contributed by atoms with van der Waals surface area (Å²) in [6.45, 7) is 9.17. The second kappa shape index (κ2) is 8.53. The van der Waals surface area contributed by atoms with Crippen molar-refractivity contribution in [2.24, 2.45) is 0 Å².